The molecule has 0 unspecified atom stereocenters. The van der Waals surface area contributed by atoms with Gasteiger partial charge in [0.2, 0.25) is 0 Å². The van der Waals surface area contributed by atoms with E-state index >= 15 is 0 Å². The number of non-ortho nitro benzene ring substituents is 1. The number of nitrogens with zero attached hydrogens (tertiary/aromatic N) is 3. The molecule has 0 spiro atoms. The molecule has 6 nitrogen and oxygen atoms in total. The van der Waals surface area contributed by atoms with Crippen molar-refractivity contribution >= 4 is 23.0 Å². The summed E-state index contributed by atoms with van der Waals surface area (Å²) in [5, 5.41) is 14.1. The van der Waals surface area contributed by atoms with E-state index < -0.39 is 4.92 Å². The van der Waals surface area contributed by atoms with Crippen LogP contribution in [-0.4, -0.2) is 14.5 Å². The summed E-state index contributed by atoms with van der Waals surface area (Å²) in [6.07, 6.45) is 3.56. The van der Waals surface area contributed by atoms with E-state index in [4.69, 9.17) is 11.6 Å². The second kappa shape index (κ2) is 5.92. The van der Waals surface area contributed by atoms with E-state index in [0.717, 1.165) is 5.69 Å². The van der Waals surface area contributed by atoms with Crippen molar-refractivity contribution in [3.05, 3.63) is 51.6 Å². The smallest absolute Gasteiger partial charge is 0.271 e. The quantitative estimate of drug-likeness (QED) is 0.675. The monoisotopic (exact) mass is 294 g/mol. The Morgan fingerprint density at radius 3 is 2.85 bits per heavy atom. The van der Waals surface area contributed by atoms with Crippen molar-refractivity contribution in [1.82, 2.24) is 9.55 Å². The summed E-state index contributed by atoms with van der Waals surface area (Å²) in [6.45, 7) is 4.70. The number of hydrogen-bond acceptors (Lipinski definition) is 4. The van der Waals surface area contributed by atoms with Gasteiger partial charge in [-0.3, -0.25) is 10.1 Å². The van der Waals surface area contributed by atoms with Crippen LogP contribution in [0, 0.1) is 10.1 Å². The van der Waals surface area contributed by atoms with Crippen molar-refractivity contribution in [3.63, 3.8) is 0 Å². The summed E-state index contributed by atoms with van der Waals surface area (Å²) in [7, 11) is 0. The van der Waals surface area contributed by atoms with E-state index in [1.807, 2.05) is 4.57 Å². The molecule has 1 aromatic heterocycles. The molecule has 7 heteroatoms. The molecule has 0 aliphatic rings. The molecular formula is C13H15ClN4O2. The molecule has 0 atom stereocenters. The van der Waals surface area contributed by atoms with Crippen LogP contribution in [0.15, 0.2) is 30.7 Å². The van der Waals surface area contributed by atoms with Crippen LogP contribution < -0.4 is 5.32 Å². The number of hydrogen-bond donors (Lipinski definition) is 1. The summed E-state index contributed by atoms with van der Waals surface area (Å²) < 4.78 is 2.05. The zero-order chi connectivity index (χ0) is 14.7. The maximum Gasteiger partial charge on any atom is 0.271 e. The minimum absolute atomic E-state index is 0.0206. The van der Waals surface area contributed by atoms with E-state index in [0.29, 0.717) is 23.3 Å². The highest BCUT2D eigenvalue weighted by Gasteiger charge is 2.10. The molecule has 1 N–H and O–H groups in total. The predicted octanol–water partition coefficient (Wildman–Crippen LogP) is 3.64. The third kappa shape index (κ3) is 3.08. The number of anilines is 1. The predicted molar refractivity (Wildman–Crippen MR) is 78.0 cm³/mol. The highest BCUT2D eigenvalue weighted by molar-refractivity contribution is 6.33. The normalized spacial score (nSPS) is 10.8. The minimum atomic E-state index is -0.469. The molecule has 0 bridgehead atoms. The molecule has 20 heavy (non-hydrogen) atoms. The van der Waals surface area contributed by atoms with Crippen molar-refractivity contribution in [2.24, 2.45) is 0 Å². The Kier molecular flexibility index (Phi) is 4.24. The fourth-order valence-corrected chi connectivity index (χ4v) is 2.12. The van der Waals surface area contributed by atoms with Crippen LogP contribution in [0.1, 0.15) is 25.6 Å². The van der Waals surface area contributed by atoms with Gasteiger partial charge in [0.15, 0.2) is 0 Å². The molecule has 106 valence electrons. The maximum absolute atomic E-state index is 10.6. The highest BCUT2D eigenvalue weighted by atomic mass is 35.5. The lowest BCUT2D eigenvalue weighted by Gasteiger charge is -2.13. The largest absolute Gasteiger partial charge is 0.378 e. The van der Waals surface area contributed by atoms with Gasteiger partial charge in [0.25, 0.3) is 5.69 Å². The zero-order valence-corrected chi connectivity index (χ0v) is 12.0. The van der Waals surface area contributed by atoms with Gasteiger partial charge in [0, 0.05) is 24.4 Å². The molecular weight excluding hydrogens is 280 g/mol. The Balaban J connectivity index is 2.11. The van der Waals surface area contributed by atoms with E-state index in [1.165, 1.54) is 12.1 Å². The second-order valence-corrected chi connectivity index (χ2v) is 5.07. The summed E-state index contributed by atoms with van der Waals surface area (Å²) in [4.78, 5) is 14.3. The van der Waals surface area contributed by atoms with Crippen molar-refractivity contribution in [2.75, 3.05) is 5.32 Å². The fourth-order valence-electron chi connectivity index (χ4n) is 1.88. The standard InChI is InChI=1S/C13H15ClN4O2/c1-9(2)17-8-15-6-11(17)7-16-13-4-3-10(18(19)20)5-12(13)14/h3-6,8-9,16H,7H2,1-2H3. The number of nitro groups is 1. The first-order valence-electron chi connectivity index (χ1n) is 6.17. The summed E-state index contributed by atoms with van der Waals surface area (Å²) in [6, 6.07) is 4.69. The molecule has 2 aromatic rings. The zero-order valence-electron chi connectivity index (χ0n) is 11.2. The molecule has 0 aliphatic heterocycles. The van der Waals surface area contributed by atoms with Gasteiger partial charge in [0.05, 0.1) is 34.2 Å². The Labute approximate surface area is 121 Å². The maximum atomic E-state index is 10.6. The van der Waals surface area contributed by atoms with E-state index in [2.05, 4.69) is 24.1 Å². The van der Waals surface area contributed by atoms with Crippen LogP contribution in [0.25, 0.3) is 0 Å². The number of rotatable bonds is 5. The number of benzene rings is 1. The molecule has 0 saturated carbocycles. The average Bonchev–Trinajstić information content (AvgIpc) is 2.85. The van der Waals surface area contributed by atoms with Crippen LogP contribution in [0.4, 0.5) is 11.4 Å². The molecule has 0 radical (unpaired) electrons. The van der Waals surface area contributed by atoms with E-state index in [1.54, 1.807) is 18.6 Å². The molecule has 0 amide bonds. The average molecular weight is 295 g/mol. The third-order valence-corrected chi connectivity index (χ3v) is 3.24. The Hall–Kier alpha value is -2.08. The third-order valence-electron chi connectivity index (χ3n) is 2.93. The fraction of sp³-hybridized carbons (Fsp3) is 0.308. The first-order valence-corrected chi connectivity index (χ1v) is 6.55. The van der Waals surface area contributed by atoms with E-state index in [9.17, 15) is 10.1 Å². The van der Waals surface area contributed by atoms with Gasteiger partial charge in [-0.15, -0.1) is 0 Å². The van der Waals surface area contributed by atoms with Gasteiger partial charge in [-0.1, -0.05) is 11.6 Å². The first kappa shape index (κ1) is 14.3. The molecule has 2 rings (SSSR count). The van der Waals surface area contributed by atoms with Gasteiger partial charge < -0.3 is 9.88 Å². The Morgan fingerprint density at radius 1 is 1.50 bits per heavy atom. The van der Waals surface area contributed by atoms with Gasteiger partial charge >= 0.3 is 0 Å². The lowest BCUT2D eigenvalue weighted by molar-refractivity contribution is -0.384. The van der Waals surface area contributed by atoms with Crippen molar-refractivity contribution in [3.8, 4) is 0 Å². The van der Waals surface area contributed by atoms with Gasteiger partial charge in [-0.05, 0) is 19.9 Å². The van der Waals surface area contributed by atoms with Crippen molar-refractivity contribution in [1.29, 1.82) is 0 Å². The number of imidazole rings is 1. The van der Waals surface area contributed by atoms with Crippen LogP contribution in [0.3, 0.4) is 0 Å². The van der Waals surface area contributed by atoms with Gasteiger partial charge in [-0.2, -0.15) is 0 Å². The highest BCUT2D eigenvalue weighted by Crippen LogP contribution is 2.27. The minimum Gasteiger partial charge on any atom is -0.378 e. The summed E-state index contributed by atoms with van der Waals surface area (Å²) >= 11 is 6.03. The van der Waals surface area contributed by atoms with Crippen molar-refractivity contribution in [2.45, 2.75) is 26.4 Å². The number of nitrogens with one attached hydrogen (secondary N) is 1. The number of halogens is 1. The van der Waals surface area contributed by atoms with Crippen LogP contribution in [-0.2, 0) is 6.54 Å². The molecule has 1 heterocycles. The SMILES string of the molecule is CC(C)n1cncc1CNc1ccc([N+](=O)[O-])cc1Cl. The number of nitro benzene ring substituents is 1. The van der Waals surface area contributed by atoms with Crippen LogP contribution in [0.2, 0.25) is 5.02 Å². The van der Waals surface area contributed by atoms with Gasteiger partial charge in [-0.25, -0.2) is 4.98 Å². The first-order chi connectivity index (χ1) is 9.49. The molecule has 0 aliphatic carbocycles. The topological polar surface area (TPSA) is 73.0 Å². The summed E-state index contributed by atoms with van der Waals surface area (Å²) in [5.41, 5.74) is 1.66. The Morgan fingerprint density at radius 2 is 2.25 bits per heavy atom. The van der Waals surface area contributed by atoms with Crippen LogP contribution in [0.5, 0.6) is 0 Å². The van der Waals surface area contributed by atoms with Crippen molar-refractivity contribution < 1.29 is 4.92 Å². The summed E-state index contributed by atoms with van der Waals surface area (Å²) in [5.74, 6) is 0. The molecule has 0 fully saturated rings. The van der Waals surface area contributed by atoms with Gasteiger partial charge in [0.1, 0.15) is 0 Å². The Bertz CT molecular complexity index is 625. The lowest BCUT2D eigenvalue weighted by Crippen LogP contribution is -2.09. The molecule has 1 aromatic carbocycles. The number of aromatic nitrogens is 2. The van der Waals surface area contributed by atoms with Crippen LogP contribution >= 0.6 is 11.6 Å². The molecule has 0 saturated heterocycles. The lowest BCUT2D eigenvalue weighted by atomic mass is 10.2. The van der Waals surface area contributed by atoms with E-state index in [-0.39, 0.29) is 5.69 Å². The second-order valence-electron chi connectivity index (χ2n) is 4.66.